The van der Waals surface area contributed by atoms with Crippen LogP contribution in [0.2, 0.25) is 0 Å². The monoisotopic (exact) mass is 287 g/mol. The van der Waals surface area contributed by atoms with E-state index in [0.717, 1.165) is 17.9 Å². The van der Waals surface area contributed by atoms with Gasteiger partial charge in [0.05, 0.1) is 0 Å². The van der Waals surface area contributed by atoms with Crippen LogP contribution in [-0.2, 0) is 0 Å². The summed E-state index contributed by atoms with van der Waals surface area (Å²) in [6.45, 7) is 4.99. The summed E-state index contributed by atoms with van der Waals surface area (Å²) in [6, 6.07) is 19.3. The zero-order valence-corrected chi connectivity index (χ0v) is 13.0. The maximum atomic E-state index is 7.01. The Morgan fingerprint density at radius 1 is 1.00 bits per heavy atom. The van der Waals surface area contributed by atoms with Gasteiger partial charge in [0, 0.05) is 11.3 Å². The molecular weight excluding hydrogens is 260 g/mol. The lowest BCUT2D eigenvalue weighted by Gasteiger charge is -1.97. The highest BCUT2D eigenvalue weighted by molar-refractivity contribution is 5.94. The third-order valence-corrected chi connectivity index (χ3v) is 2.19. The minimum atomic E-state index is 0.121. The molecule has 0 atom stereocenters. The van der Waals surface area contributed by atoms with Gasteiger partial charge in [-0.05, 0) is 12.1 Å². The van der Waals surface area contributed by atoms with Crippen LogP contribution in [0.1, 0.15) is 25.8 Å². The fourth-order valence-corrected chi connectivity index (χ4v) is 1.32. The number of hydrogen-bond acceptors (Lipinski definition) is 2. The summed E-state index contributed by atoms with van der Waals surface area (Å²) in [5.74, 6) is 0.121. The number of nitrogens with one attached hydrogen (secondary N) is 2. The number of quaternary nitrogens is 1. The molecule has 2 aromatic carbocycles. The quantitative estimate of drug-likeness (QED) is 0.397. The number of nitrogen functional groups attached to an aromatic ring is 1. The summed E-state index contributed by atoms with van der Waals surface area (Å²) in [5, 5.41) is 10.1. The van der Waals surface area contributed by atoms with E-state index in [1.54, 1.807) is 0 Å². The van der Waals surface area contributed by atoms with Crippen LogP contribution in [0.3, 0.4) is 0 Å². The third-order valence-electron chi connectivity index (χ3n) is 2.19. The van der Waals surface area contributed by atoms with Crippen molar-refractivity contribution >= 4 is 11.5 Å². The molecule has 21 heavy (non-hydrogen) atoms. The summed E-state index contributed by atoms with van der Waals surface area (Å²) >= 11 is 0. The number of hydrogen-bond donors (Lipinski definition) is 4. The lowest BCUT2D eigenvalue weighted by Crippen LogP contribution is -2.53. The number of para-hydroxylation sites is 1. The standard InChI is InChI=1S/C7H10N2.C7H8N2.C3H8/c8-6-9-7-4-2-1-3-5-7;8-7(9)6-4-2-1-3-5-6;1-3-2/h1-5,9H,6,8H2;1-5H,(H3,8,9);3H2,1-2H3/p+1. The predicted molar refractivity (Wildman–Crippen MR) is 91.2 cm³/mol. The van der Waals surface area contributed by atoms with E-state index in [2.05, 4.69) is 24.9 Å². The minimum absolute atomic E-state index is 0.121. The first-order chi connectivity index (χ1) is 10.2. The van der Waals surface area contributed by atoms with Crippen molar-refractivity contribution in [2.75, 3.05) is 12.0 Å². The maximum Gasteiger partial charge on any atom is 0.147 e. The Morgan fingerprint density at radius 3 is 1.76 bits per heavy atom. The van der Waals surface area contributed by atoms with Gasteiger partial charge in [-0.25, -0.2) is 0 Å². The van der Waals surface area contributed by atoms with Crippen molar-refractivity contribution in [3.8, 4) is 0 Å². The average molecular weight is 287 g/mol. The Balaban J connectivity index is 0.000000322. The van der Waals surface area contributed by atoms with E-state index in [0.29, 0.717) is 0 Å². The van der Waals surface area contributed by atoms with Crippen molar-refractivity contribution in [3.63, 3.8) is 0 Å². The Morgan fingerprint density at radius 2 is 1.43 bits per heavy atom. The van der Waals surface area contributed by atoms with Gasteiger partial charge in [-0.2, -0.15) is 0 Å². The van der Waals surface area contributed by atoms with Crippen LogP contribution in [0.4, 0.5) is 5.69 Å². The van der Waals surface area contributed by atoms with E-state index in [1.165, 1.54) is 6.42 Å². The van der Waals surface area contributed by atoms with Crippen LogP contribution in [0.15, 0.2) is 60.7 Å². The Bertz CT molecular complexity index is 469. The number of amidine groups is 1. The van der Waals surface area contributed by atoms with Crippen molar-refractivity contribution < 1.29 is 5.73 Å². The molecule has 7 N–H and O–H groups in total. The van der Waals surface area contributed by atoms with Gasteiger partial charge >= 0.3 is 0 Å². The van der Waals surface area contributed by atoms with E-state index in [1.807, 2.05) is 60.7 Å². The molecule has 0 unspecified atom stereocenters. The average Bonchev–Trinajstić information content (AvgIpc) is 2.51. The highest BCUT2D eigenvalue weighted by Gasteiger charge is 1.89. The van der Waals surface area contributed by atoms with Crippen LogP contribution in [0.5, 0.6) is 0 Å². The van der Waals surface area contributed by atoms with Crippen molar-refractivity contribution in [1.82, 2.24) is 0 Å². The van der Waals surface area contributed by atoms with E-state index in [-0.39, 0.29) is 5.84 Å². The van der Waals surface area contributed by atoms with E-state index in [9.17, 15) is 0 Å². The number of anilines is 1. The molecule has 0 heterocycles. The first kappa shape index (κ1) is 18.7. The van der Waals surface area contributed by atoms with Crippen molar-refractivity contribution in [2.24, 2.45) is 5.73 Å². The Hall–Kier alpha value is -2.33. The van der Waals surface area contributed by atoms with Gasteiger partial charge in [-0.3, -0.25) is 5.41 Å². The molecule has 0 aliphatic heterocycles. The second-order valence-electron chi connectivity index (χ2n) is 4.28. The molecule has 114 valence electrons. The summed E-state index contributed by atoms with van der Waals surface area (Å²) in [7, 11) is 0. The number of nitrogens with two attached hydrogens (primary N) is 1. The normalized spacial score (nSPS) is 8.52. The van der Waals surface area contributed by atoms with Gasteiger partial charge in [-0.1, -0.05) is 68.8 Å². The summed E-state index contributed by atoms with van der Waals surface area (Å²) < 4.78 is 0. The molecule has 4 heteroatoms. The van der Waals surface area contributed by atoms with Crippen molar-refractivity contribution in [3.05, 3.63) is 66.2 Å². The predicted octanol–water partition coefficient (Wildman–Crippen LogP) is 2.68. The molecule has 0 fully saturated rings. The van der Waals surface area contributed by atoms with Gasteiger partial charge in [0.15, 0.2) is 0 Å². The maximum absolute atomic E-state index is 7.01. The summed E-state index contributed by atoms with van der Waals surface area (Å²) in [6.07, 6.45) is 1.25. The zero-order valence-electron chi connectivity index (χ0n) is 13.0. The second-order valence-corrected chi connectivity index (χ2v) is 4.28. The lowest BCUT2D eigenvalue weighted by atomic mass is 10.2. The lowest BCUT2D eigenvalue weighted by molar-refractivity contribution is -0.358. The Labute approximate surface area is 127 Å². The fourth-order valence-electron chi connectivity index (χ4n) is 1.32. The van der Waals surface area contributed by atoms with Crippen molar-refractivity contribution in [2.45, 2.75) is 20.3 Å². The van der Waals surface area contributed by atoms with E-state index < -0.39 is 0 Å². The molecule has 2 rings (SSSR count). The first-order valence-corrected chi connectivity index (χ1v) is 7.13. The summed E-state index contributed by atoms with van der Waals surface area (Å²) in [5.41, 5.74) is 10.8. The number of rotatable bonds is 3. The van der Waals surface area contributed by atoms with E-state index in [4.69, 9.17) is 11.1 Å². The van der Waals surface area contributed by atoms with Gasteiger partial charge in [0.2, 0.25) is 0 Å². The highest BCUT2D eigenvalue weighted by atomic mass is 15.0. The molecule has 4 nitrogen and oxygen atoms in total. The molecule has 0 radical (unpaired) electrons. The second kappa shape index (κ2) is 12.7. The molecular formula is C17H27N4+. The van der Waals surface area contributed by atoms with Gasteiger partial charge in [-0.15, -0.1) is 0 Å². The molecule has 0 aromatic heterocycles. The fraction of sp³-hybridized carbons (Fsp3) is 0.235. The zero-order chi connectivity index (χ0) is 15.9. The summed E-state index contributed by atoms with van der Waals surface area (Å²) in [4.78, 5) is 0. The molecule has 0 saturated heterocycles. The topological polar surface area (TPSA) is 89.5 Å². The third kappa shape index (κ3) is 10.2. The molecule has 0 aliphatic carbocycles. The molecule has 2 aromatic rings. The van der Waals surface area contributed by atoms with Gasteiger partial charge in [0.25, 0.3) is 0 Å². The van der Waals surface area contributed by atoms with Crippen LogP contribution in [0.25, 0.3) is 0 Å². The smallest absolute Gasteiger partial charge is 0.147 e. The molecule has 0 spiro atoms. The molecule has 0 amide bonds. The molecule has 0 aliphatic rings. The SMILES string of the molecule is CCC.N=C(N)c1ccccc1.[NH3+]CNc1ccccc1. The van der Waals surface area contributed by atoms with Crippen LogP contribution in [0, 0.1) is 5.41 Å². The molecule has 0 saturated carbocycles. The van der Waals surface area contributed by atoms with Crippen molar-refractivity contribution in [1.29, 1.82) is 5.41 Å². The minimum Gasteiger partial charge on any atom is -0.384 e. The van der Waals surface area contributed by atoms with Gasteiger partial charge in [0.1, 0.15) is 12.5 Å². The number of benzene rings is 2. The largest absolute Gasteiger partial charge is 0.384 e. The van der Waals surface area contributed by atoms with Crippen LogP contribution in [-0.4, -0.2) is 12.5 Å². The molecule has 0 bridgehead atoms. The van der Waals surface area contributed by atoms with Gasteiger partial charge < -0.3 is 16.8 Å². The van der Waals surface area contributed by atoms with Crippen LogP contribution >= 0.6 is 0 Å². The van der Waals surface area contributed by atoms with Crippen LogP contribution < -0.4 is 16.8 Å². The highest BCUT2D eigenvalue weighted by Crippen LogP contribution is 2.02. The van der Waals surface area contributed by atoms with E-state index >= 15 is 0 Å². The Kier molecular flexibility index (Phi) is 11.3. The first-order valence-electron chi connectivity index (χ1n) is 7.13.